The average Bonchev–Trinajstić information content (AvgIpc) is 3.26. The number of carbonyl (C=O) groups is 3. The summed E-state index contributed by atoms with van der Waals surface area (Å²) in [7, 11) is 0. The van der Waals surface area contributed by atoms with Crippen LogP contribution < -0.4 is 5.32 Å². The van der Waals surface area contributed by atoms with Gasteiger partial charge in [0, 0.05) is 32.1 Å². The second-order valence-electron chi connectivity index (χ2n) is 8.00. The molecule has 1 N–H and O–H groups in total. The molecule has 2 atom stereocenters. The maximum atomic E-state index is 13.3. The van der Waals surface area contributed by atoms with Crippen LogP contribution in [0.5, 0.6) is 0 Å². The molecule has 1 saturated heterocycles. The number of esters is 1. The van der Waals surface area contributed by atoms with E-state index in [0.717, 1.165) is 44.1 Å². The first-order chi connectivity index (χ1) is 14.5. The van der Waals surface area contributed by atoms with Crippen molar-refractivity contribution < 1.29 is 19.1 Å². The maximum absolute atomic E-state index is 13.3. The second-order valence-corrected chi connectivity index (χ2v) is 8.00. The van der Waals surface area contributed by atoms with E-state index in [1.54, 1.807) is 23.2 Å². The molecule has 2 fully saturated rings. The van der Waals surface area contributed by atoms with Crippen LogP contribution in [0.15, 0.2) is 18.3 Å². The van der Waals surface area contributed by atoms with E-state index in [9.17, 15) is 14.4 Å². The van der Waals surface area contributed by atoms with Gasteiger partial charge in [-0.05, 0) is 37.3 Å². The zero-order chi connectivity index (χ0) is 21.5. The Bertz CT molecular complexity index is 811. The summed E-state index contributed by atoms with van der Waals surface area (Å²) in [5, 5.41) is 11.7. The number of pyridine rings is 1. The summed E-state index contributed by atoms with van der Waals surface area (Å²) >= 11 is 0. The number of carbonyl (C=O) groups excluding carboxylic acids is 3. The molecule has 2 amide bonds. The Kier molecular flexibility index (Phi) is 7.39. The predicted molar refractivity (Wildman–Crippen MR) is 108 cm³/mol. The molecule has 8 nitrogen and oxygen atoms in total. The first-order valence-corrected chi connectivity index (χ1v) is 10.6. The smallest absolute Gasteiger partial charge is 0.303 e. The van der Waals surface area contributed by atoms with Crippen LogP contribution in [-0.4, -0.2) is 46.4 Å². The summed E-state index contributed by atoms with van der Waals surface area (Å²) in [6.07, 6.45) is 6.97. The normalized spacial score (nSPS) is 20.3. The van der Waals surface area contributed by atoms with E-state index < -0.39 is 18.1 Å². The molecule has 3 rings (SSSR count). The van der Waals surface area contributed by atoms with Gasteiger partial charge in [0.15, 0.2) is 6.10 Å². The quantitative estimate of drug-likeness (QED) is 0.716. The molecule has 0 spiro atoms. The number of amides is 2. The van der Waals surface area contributed by atoms with Crippen LogP contribution in [0.25, 0.3) is 0 Å². The number of nitrogens with one attached hydrogen (secondary N) is 1. The van der Waals surface area contributed by atoms with Gasteiger partial charge >= 0.3 is 5.97 Å². The molecule has 0 aromatic carbocycles. The van der Waals surface area contributed by atoms with Crippen LogP contribution in [0.2, 0.25) is 0 Å². The summed E-state index contributed by atoms with van der Waals surface area (Å²) in [6.45, 7) is 2.08. The molecule has 1 saturated carbocycles. The number of nitriles is 1. The minimum atomic E-state index is -0.807. The second kappa shape index (κ2) is 10.2. The van der Waals surface area contributed by atoms with E-state index in [2.05, 4.69) is 10.3 Å². The third-order valence-corrected chi connectivity index (χ3v) is 5.86. The highest BCUT2D eigenvalue weighted by atomic mass is 16.5. The predicted octanol–water partition coefficient (Wildman–Crippen LogP) is 2.07. The summed E-state index contributed by atoms with van der Waals surface area (Å²) in [6, 6.07) is 4.73. The van der Waals surface area contributed by atoms with Crippen molar-refractivity contribution >= 4 is 17.8 Å². The third-order valence-electron chi connectivity index (χ3n) is 5.86. The molecular weight excluding hydrogens is 384 g/mol. The number of hydrogen-bond acceptors (Lipinski definition) is 6. The molecule has 1 unspecified atom stereocenters. The number of nitrogens with zero attached hydrogens (tertiary/aromatic N) is 3. The van der Waals surface area contributed by atoms with E-state index in [1.165, 1.54) is 6.92 Å². The molecule has 1 aromatic heterocycles. The first kappa shape index (κ1) is 21.8. The van der Waals surface area contributed by atoms with Crippen molar-refractivity contribution in [3.8, 4) is 6.07 Å². The molecule has 0 radical (unpaired) electrons. The largest absolute Gasteiger partial charge is 0.452 e. The van der Waals surface area contributed by atoms with Crippen molar-refractivity contribution in [2.45, 2.75) is 70.6 Å². The molecule has 1 aliphatic carbocycles. The molecule has 30 heavy (non-hydrogen) atoms. The zero-order valence-corrected chi connectivity index (χ0v) is 17.3. The van der Waals surface area contributed by atoms with Gasteiger partial charge in [-0.15, -0.1) is 0 Å². The highest BCUT2D eigenvalue weighted by molar-refractivity contribution is 5.91. The van der Waals surface area contributed by atoms with Gasteiger partial charge < -0.3 is 15.0 Å². The summed E-state index contributed by atoms with van der Waals surface area (Å²) < 4.78 is 5.45. The van der Waals surface area contributed by atoms with Crippen LogP contribution in [0.4, 0.5) is 0 Å². The Hall–Kier alpha value is -2.95. The Morgan fingerprint density at radius 3 is 2.63 bits per heavy atom. The Balaban J connectivity index is 1.64. The van der Waals surface area contributed by atoms with Gasteiger partial charge in [0.2, 0.25) is 5.91 Å². The highest BCUT2D eigenvalue weighted by Crippen LogP contribution is 2.31. The monoisotopic (exact) mass is 412 g/mol. The molecular formula is C22H28N4O4. The first-order valence-electron chi connectivity index (χ1n) is 10.6. The van der Waals surface area contributed by atoms with Gasteiger partial charge in [-0.3, -0.25) is 14.4 Å². The lowest BCUT2D eigenvalue weighted by Gasteiger charge is -2.33. The van der Waals surface area contributed by atoms with Crippen molar-refractivity contribution in [3.05, 3.63) is 29.6 Å². The third kappa shape index (κ3) is 5.35. The topological polar surface area (TPSA) is 112 Å². The minimum absolute atomic E-state index is 0.0178. The summed E-state index contributed by atoms with van der Waals surface area (Å²) in [4.78, 5) is 43.3. The lowest BCUT2D eigenvalue weighted by Crippen LogP contribution is -2.51. The van der Waals surface area contributed by atoms with Gasteiger partial charge in [-0.2, -0.15) is 5.26 Å². The van der Waals surface area contributed by atoms with Crippen molar-refractivity contribution in [1.29, 1.82) is 5.26 Å². The van der Waals surface area contributed by atoms with Gasteiger partial charge in [0.1, 0.15) is 17.8 Å². The number of ether oxygens (including phenoxy) is 1. The van der Waals surface area contributed by atoms with Crippen LogP contribution in [-0.2, 0) is 25.7 Å². The summed E-state index contributed by atoms with van der Waals surface area (Å²) in [5.74, 6) is -0.929. The van der Waals surface area contributed by atoms with Crippen LogP contribution in [0.3, 0.4) is 0 Å². The molecule has 8 heteroatoms. The number of rotatable bonds is 6. The van der Waals surface area contributed by atoms with Crippen molar-refractivity contribution in [2.24, 2.45) is 5.92 Å². The maximum Gasteiger partial charge on any atom is 0.303 e. The Morgan fingerprint density at radius 1 is 1.23 bits per heavy atom. The number of likely N-dealkylation sites (tertiary alicyclic amines) is 1. The molecule has 1 aromatic rings. The van der Waals surface area contributed by atoms with Gasteiger partial charge in [0.25, 0.3) is 5.91 Å². The van der Waals surface area contributed by atoms with Crippen molar-refractivity contribution in [2.75, 3.05) is 6.54 Å². The van der Waals surface area contributed by atoms with E-state index in [-0.39, 0.29) is 24.3 Å². The van der Waals surface area contributed by atoms with Gasteiger partial charge in [0.05, 0.1) is 0 Å². The van der Waals surface area contributed by atoms with Gasteiger partial charge in [-0.1, -0.05) is 25.3 Å². The molecule has 0 bridgehead atoms. The minimum Gasteiger partial charge on any atom is -0.452 e. The molecule has 1 aliphatic heterocycles. The van der Waals surface area contributed by atoms with Crippen LogP contribution in [0, 0.1) is 17.2 Å². The Morgan fingerprint density at radius 2 is 2.00 bits per heavy atom. The fourth-order valence-electron chi connectivity index (χ4n) is 4.33. The van der Waals surface area contributed by atoms with Gasteiger partial charge in [-0.25, -0.2) is 4.98 Å². The highest BCUT2D eigenvalue weighted by Gasteiger charge is 2.41. The molecule has 160 valence electrons. The number of aromatic nitrogens is 1. The fraction of sp³-hybridized carbons (Fsp3) is 0.591. The molecule has 2 aliphatic rings. The SMILES string of the molecule is CC(=O)OC(C(=O)N1CCC[C@@H]1C(=O)NCc1ccc(C#N)nc1)C1CCCCC1. The van der Waals surface area contributed by atoms with E-state index in [0.29, 0.717) is 18.7 Å². The lowest BCUT2D eigenvalue weighted by atomic mass is 9.84. The lowest BCUT2D eigenvalue weighted by molar-refractivity contribution is -0.164. The summed E-state index contributed by atoms with van der Waals surface area (Å²) in [5.41, 5.74) is 1.09. The Labute approximate surface area is 176 Å². The van der Waals surface area contributed by atoms with Crippen molar-refractivity contribution in [1.82, 2.24) is 15.2 Å². The van der Waals surface area contributed by atoms with E-state index >= 15 is 0 Å². The standard InChI is InChI=1S/C22H28N4O4/c1-15(27)30-20(17-6-3-2-4-7-17)22(29)26-11-5-8-19(26)21(28)25-14-16-9-10-18(12-23)24-13-16/h9-10,13,17,19-20H,2-8,11,14H2,1H3,(H,25,28)/t19-,20?/m1/s1. The van der Waals surface area contributed by atoms with E-state index in [1.807, 2.05) is 6.07 Å². The average molecular weight is 412 g/mol. The number of hydrogen-bond donors (Lipinski definition) is 1. The fourth-order valence-corrected chi connectivity index (χ4v) is 4.33. The van der Waals surface area contributed by atoms with E-state index in [4.69, 9.17) is 10.00 Å². The van der Waals surface area contributed by atoms with Crippen molar-refractivity contribution in [3.63, 3.8) is 0 Å². The zero-order valence-electron chi connectivity index (χ0n) is 17.3. The molecule has 2 heterocycles. The van der Waals surface area contributed by atoms with Crippen LogP contribution in [0.1, 0.15) is 63.1 Å². The van der Waals surface area contributed by atoms with Crippen LogP contribution >= 0.6 is 0 Å².